The number of esters is 1. The van der Waals surface area contributed by atoms with Crippen LogP contribution in [0.15, 0.2) is 0 Å². The van der Waals surface area contributed by atoms with Crippen molar-refractivity contribution in [1.82, 2.24) is 0 Å². The molecule has 0 fully saturated rings. The summed E-state index contributed by atoms with van der Waals surface area (Å²) in [4.78, 5) is 12.0. The van der Waals surface area contributed by atoms with Gasteiger partial charge in [0.15, 0.2) is 0 Å². The van der Waals surface area contributed by atoms with Crippen LogP contribution >= 0.6 is 0 Å². The molecule has 0 aliphatic heterocycles. The standard InChI is InChI=1S/C27H54O3/c1-5-7-9-11-13-15-17-22-26(29)30-24-27(3,4)23-19-18-21-25(28)20-16-14-12-10-8-6-2/h25,28H,5-24H2,1-4H3. The van der Waals surface area contributed by atoms with Crippen LogP contribution in [0.3, 0.4) is 0 Å². The minimum Gasteiger partial charge on any atom is -0.465 e. The van der Waals surface area contributed by atoms with Crippen LogP contribution in [0.2, 0.25) is 0 Å². The smallest absolute Gasteiger partial charge is 0.305 e. The number of carbonyl (C=O) groups is 1. The molecule has 30 heavy (non-hydrogen) atoms. The number of ether oxygens (including phenoxy) is 1. The summed E-state index contributed by atoms with van der Waals surface area (Å²) < 4.78 is 5.54. The van der Waals surface area contributed by atoms with Crippen molar-refractivity contribution in [3.8, 4) is 0 Å². The van der Waals surface area contributed by atoms with Gasteiger partial charge in [-0.1, -0.05) is 118 Å². The van der Waals surface area contributed by atoms with Gasteiger partial charge >= 0.3 is 5.97 Å². The maximum atomic E-state index is 12.0. The Labute approximate surface area is 188 Å². The topological polar surface area (TPSA) is 46.5 Å². The van der Waals surface area contributed by atoms with Gasteiger partial charge in [0.1, 0.15) is 0 Å². The van der Waals surface area contributed by atoms with Gasteiger partial charge < -0.3 is 9.84 Å². The van der Waals surface area contributed by atoms with Crippen molar-refractivity contribution >= 4 is 5.97 Å². The van der Waals surface area contributed by atoms with Gasteiger partial charge in [0.05, 0.1) is 12.7 Å². The number of hydrogen-bond acceptors (Lipinski definition) is 3. The zero-order chi connectivity index (χ0) is 22.5. The molecule has 0 aromatic carbocycles. The lowest BCUT2D eigenvalue weighted by Crippen LogP contribution is -2.22. The minimum atomic E-state index is -0.140. The highest BCUT2D eigenvalue weighted by Gasteiger charge is 2.20. The molecule has 1 N–H and O–H groups in total. The Morgan fingerprint density at radius 1 is 0.733 bits per heavy atom. The van der Waals surface area contributed by atoms with E-state index < -0.39 is 0 Å². The third-order valence-electron chi connectivity index (χ3n) is 6.14. The van der Waals surface area contributed by atoms with Gasteiger partial charge in [-0.3, -0.25) is 4.79 Å². The summed E-state index contributed by atoms with van der Waals surface area (Å²) in [5, 5.41) is 10.2. The molecular formula is C27H54O3. The summed E-state index contributed by atoms with van der Waals surface area (Å²) in [6.07, 6.45) is 21.7. The molecular weight excluding hydrogens is 372 g/mol. The van der Waals surface area contributed by atoms with Gasteiger partial charge in [-0.25, -0.2) is 0 Å². The Hall–Kier alpha value is -0.570. The summed E-state index contributed by atoms with van der Waals surface area (Å²) in [5.74, 6) is -0.0361. The van der Waals surface area contributed by atoms with Crippen LogP contribution in [-0.4, -0.2) is 23.8 Å². The molecule has 0 aliphatic carbocycles. The van der Waals surface area contributed by atoms with Crippen LogP contribution < -0.4 is 0 Å². The lowest BCUT2D eigenvalue weighted by molar-refractivity contribution is -0.147. The van der Waals surface area contributed by atoms with E-state index in [9.17, 15) is 9.90 Å². The molecule has 3 heteroatoms. The molecule has 0 aromatic rings. The lowest BCUT2D eigenvalue weighted by Gasteiger charge is -2.24. The molecule has 0 amide bonds. The van der Waals surface area contributed by atoms with E-state index in [-0.39, 0.29) is 17.5 Å². The maximum Gasteiger partial charge on any atom is 0.305 e. The molecule has 0 bridgehead atoms. The molecule has 0 rings (SSSR count). The fourth-order valence-electron chi connectivity index (χ4n) is 3.93. The molecule has 0 radical (unpaired) electrons. The first kappa shape index (κ1) is 29.4. The number of hydrogen-bond donors (Lipinski definition) is 1. The van der Waals surface area contributed by atoms with Gasteiger partial charge in [-0.15, -0.1) is 0 Å². The molecule has 0 saturated heterocycles. The summed E-state index contributed by atoms with van der Waals surface area (Å²) in [6.45, 7) is 9.36. The first-order valence-electron chi connectivity index (χ1n) is 13.2. The molecule has 180 valence electrons. The highest BCUT2D eigenvalue weighted by molar-refractivity contribution is 5.69. The number of carbonyl (C=O) groups excluding carboxylic acids is 1. The van der Waals surface area contributed by atoms with Gasteiger partial charge in [0, 0.05) is 6.42 Å². The number of rotatable bonds is 22. The minimum absolute atomic E-state index is 0.0278. The largest absolute Gasteiger partial charge is 0.465 e. The zero-order valence-electron chi connectivity index (χ0n) is 21.0. The van der Waals surface area contributed by atoms with Crippen molar-refractivity contribution in [2.45, 2.75) is 156 Å². The zero-order valence-corrected chi connectivity index (χ0v) is 21.0. The molecule has 0 aliphatic rings. The summed E-state index contributed by atoms with van der Waals surface area (Å²) in [5.41, 5.74) is 0.0278. The molecule has 0 heterocycles. The molecule has 3 nitrogen and oxygen atoms in total. The lowest BCUT2D eigenvalue weighted by atomic mass is 9.87. The third kappa shape index (κ3) is 20.7. The Morgan fingerprint density at radius 2 is 1.20 bits per heavy atom. The Kier molecular flexibility index (Phi) is 20.0. The third-order valence-corrected chi connectivity index (χ3v) is 6.14. The van der Waals surface area contributed by atoms with E-state index in [2.05, 4.69) is 27.7 Å². The van der Waals surface area contributed by atoms with Crippen molar-refractivity contribution < 1.29 is 14.6 Å². The van der Waals surface area contributed by atoms with Crippen LogP contribution in [0, 0.1) is 5.41 Å². The van der Waals surface area contributed by atoms with Crippen molar-refractivity contribution in [2.75, 3.05) is 6.61 Å². The second kappa shape index (κ2) is 20.3. The van der Waals surface area contributed by atoms with Crippen LogP contribution in [-0.2, 0) is 9.53 Å². The predicted molar refractivity (Wildman–Crippen MR) is 130 cm³/mol. The number of unbranched alkanes of at least 4 members (excludes halogenated alkanes) is 12. The fraction of sp³-hybridized carbons (Fsp3) is 0.963. The van der Waals surface area contributed by atoms with Crippen LogP contribution in [0.1, 0.15) is 150 Å². The van der Waals surface area contributed by atoms with Crippen molar-refractivity contribution in [1.29, 1.82) is 0 Å². The second-order valence-electron chi connectivity index (χ2n) is 10.2. The van der Waals surface area contributed by atoms with E-state index in [4.69, 9.17) is 4.74 Å². The van der Waals surface area contributed by atoms with Crippen molar-refractivity contribution in [3.05, 3.63) is 0 Å². The average Bonchev–Trinajstić information content (AvgIpc) is 2.71. The SMILES string of the molecule is CCCCCCCCCC(=O)OCC(C)(C)CCCCC(O)CCCCCCCC. The first-order valence-corrected chi connectivity index (χ1v) is 13.2. The van der Waals surface area contributed by atoms with Gasteiger partial charge in [0.2, 0.25) is 0 Å². The maximum absolute atomic E-state index is 12.0. The Morgan fingerprint density at radius 3 is 1.77 bits per heavy atom. The van der Waals surface area contributed by atoms with E-state index in [1.54, 1.807) is 0 Å². The number of aliphatic hydroxyl groups excluding tert-OH is 1. The average molecular weight is 427 g/mol. The highest BCUT2D eigenvalue weighted by atomic mass is 16.5. The predicted octanol–water partition coefficient (Wildman–Crippen LogP) is 8.37. The fourth-order valence-corrected chi connectivity index (χ4v) is 3.93. The van der Waals surface area contributed by atoms with E-state index in [1.807, 2.05) is 0 Å². The molecule has 0 saturated carbocycles. The molecule has 1 unspecified atom stereocenters. The molecule has 0 spiro atoms. The quantitative estimate of drug-likeness (QED) is 0.140. The van der Waals surface area contributed by atoms with E-state index in [0.29, 0.717) is 13.0 Å². The van der Waals surface area contributed by atoms with E-state index in [1.165, 1.54) is 64.2 Å². The summed E-state index contributed by atoms with van der Waals surface area (Å²) in [7, 11) is 0. The molecule has 1 atom stereocenters. The van der Waals surface area contributed by atoms with Crippen molar-refractivity contribution in [3.63, 3.8) is 0 Å². The normalized spacial score (nSPS) is 12.8. The van der Waals surface area contributed by atoms with Gasteiger partial charge in [-0.2, -0.15) is 0 Å². The van der Waals surface area contributed by atoms with Crippen LogP contribution in [0.4, 0.5) is 0 Å². The second-order valence-corrected chi connectivity index (χ2v) is 10.2. The van der Waals surface area contributed by atoms with Crippen LogP contribution in [0.5, 0.6) is 0 Å². The Bertz CT molecular complexity index is 378. The van der Waals surface area contributed by atoms with Crippen molar-refractivity contribution in [2.24, 2.45) is 5.41 Å². The molecule has 0 aromatic heterocycles. The Balaban J connectivity index is 3.62. The summed E-state index contributed by atoms with van der Waals surface area (Å²) >= 11 is 0. The van der Waals surface area contributed by atoms with Gasteiger partial charge in [-0.05, 0) is 31.1 Å². The van der Waals surface area contributed by atoms with E-state index >= 15 is 0 Å². The van der Waals surface area contributed by atoms with Crippen LogP contribution in [0.25, 0.3) is 0 Å². The van der Waals surface area contributed by atoms with Gasteiger partial charge in [0.25, 0.3) is 0 Å². The number of aliphatic hydroxyl groups is 1. The summed E-state index contributed by atoms with van der Waals surface area (Å²) in [6, 6.07) is 0. The van der Waals surface area contributed by atoms with E-state index in [0.717, 1.165) is 51.4 Å². The monoisotopic (exact) mass is 426 g/mol. The first-order chi connectivity index (χ1) is 14.4. The highest BCUT2D eigenvalue weighted by Crippen LogP contribution is 2.25.